The highest BCUT2D eigenvalue weighted by Gasteiger charge is 2.41. The maximum atomic E-state index is 12.0. The lowest BCUT2D eigenvalue weighted by Gasteiger charge is -2.39. The Morgan fingerprint density at radius 3 is 2.18 bits per heavy atom. The molecular weight excluding hydrogens is 307 g/mol. The molecule has 1 aromatic rings. The molecule has 22 heavy (non-hydrogen) atoms. The van der Waals surface area contributed by atoms with Gasteiger partial charge in [-0.15, -0.1) is 13.2 Å². The van der Waals surface area contributed by atoms with Gasteiger partial charge in [-0.1, -0.05) is 0 Å². The fourth-order valence-corrected chi connectivity index (χ4v) is 2.09. The molecule has 1 aliphatic heterocycles. The summed E-state index contributed by atoms with van der Waals surface area (Å²) < 4.78 is 45.2. The number of nitrogens with one attached hydrogen (secondary N) is 1. The van der Waals surface area contributed by atoms with Gasteiger partial charge < -0.3 is 30.1 Å². The summed E-state index contributed by atoms with van der Waals surface area (Å²) in [4.78, 5) is 0. The van der Waals surface area contributed by atoms with Crippen LogP contribution in [0.2, 0.25) is 0 Å². The van der Waals surface area contributed by atoms with E-state index in [0.717, 1.165) is 12.1 Å². The van der Waals surface area contributed by atoms with E-state index in [-0.39, 0.29) is 5.75 Å². The number of aliphatic hydroxyl groups is 3. The predicted molar refractivity (Wildman–Crippen MR) is 69.1 cm³/mol. The fraction of sp³-hybridized carbons (Fsp3) is 0.538. The summed E-state index contributed by atoms with van der Waals surface area (Å²) in [5, 5.41) is 31.8. The second kappa shape index (κ2) is 6.29. The van der Waals surface area contributed by atoms with Crippen LogP contribution < -0.4 is 10.1 Å². The van der Waals surface area contributed by atoms with E-state index < -0.39 is 37.0 Å². The third-order valence-electron chi connectivity index (χ3n) is 3.25. The van der Waals surface area contributed by atoms with Gasteiger partial charge in [0.05, 0.1) is 6.10 Å². The molecule has 5 atom stereocenters. The van der Waals surface area contributed by atoms with Crippen LogP contribution >= 0.6 is 0 Å². The zero-order valence-corrected chi connectivity index (χ0v) is 11.5. The minimum atomic E-state index is -4.77. The molecule has 0 radical (unpaired) electrons. The van der Waals surface area contributed by atoms with Gasteiger partial charge in [0, 0.05) is 5.69 Å². The monoisotopic (exact) mass is 323 g/mol. The molecule has 1 aromatic carbocycles. The van der Waals surface area contributed by atoms with E-state index in [2.05, 4.69) is 10.1 Å². The Labute approximate surface area is 124 Å². The Kier molecular flexibility index (Phi) is 4.81. The number of halogens is 3. The molecule has 1 saturated heterocycles. The van der Waals surface area contributed by atoms with E-state index in [0.29, 0.717) is 5.69 Å². The second-order valence-corrected chi connectivity index (χ2v) is 4.95. The Bertz CT molecular complexity index is 495. The number of alkyl halides is 3. The molecule has 0 spiro atoms. The molecule has 9 heteroatoms. The minimum Gasteiger partial charge on any atom is -0.406 e. The molecule has 2 rings (SSSR count). The van der Waals surface area contributed by atoms with E-state index in [1.165, 1.54) is 19.1 Å². The van der Waals surface area contributed by atoms with E-state index >= 15 is 0 Å². The summed E-state index contributed by atoms with van der Waals surface area (Å²) in [6, 6.07) is 4.80. The van der Waals surface area contributed by atoms with Crippen LogP contribution in [0, 0.1) is 0 Å². The molecule has 0 aromatic heterocycles. The predicted octanol–water partition coefficient (Wildman–Crippen LogP) is 0.825. The molecule has 6 nitrogen and oxygen atoms in total. The SMILES string of the molecule is C[C@@H]1O[C@@H](Nc2ccc(OC(F)(F)F)cc2)[C@H](O)[C@H](O)[C@H]1O. The van der Waals surface area contributed by atoms with Crippen LogP contribution in [-0.2, 0) is 4.74 Å². The largest absolute Gasteiger partial charge is 0.573 e. The molecule has 1 fully saturated rings. The highest BCUT2D eigenvalue weighted by atomic mass is 19.4. The smallest absolute Gasteiger partial charge is 0.406 e. The van der Waals surface area contributed by atoms with Gasteiger partial charge in [-0.25, -0.2) is 0 Å². The number of anilines is 1. The quantitative estimate of drug-likeness (QED) is 0.658. The lowest BCUT2D eigenvalue weighted by Crippen LogP contribution is -2.58. The molecule has 124 valence electrons. The van der Waals surface area contributed by atoms with Crippen molar-refractivity contribution in [3.8, 4) is 5.75 Å². The number of rotatable bonds is 3. The Morgan fingerprint density at radius 1 is 1.05 bits per heavy atom. The summed E-state index contributed by atoms with van der Waals surface area (Å²) in [6.45, 7) is 1.52. The Balaban J connectivity index is 2.01. The average Bonchev–Trinajstić information content (AvgIpc) is 2.43. The van der Waals surface area contributed by atoms with Crippen LogP contribution in [-0.4, -0.2) is 52.3 Å². The molecule has 4 N–H and O–H groups in total. The van der Waals surface area contributed by atoms with Crippen molar-refractivity contribution in [2.24, 2.45) is 0 Å². The molecule has 1 heterocycles. The van der Waals surface area contributed by atoms with E-state index in [1.807, 2.05) is 0 Å². The van der Waals surface area contributed by atoms with Crippen molar-refractivity contribution in [3.05, 3.63) is 24.3 Å². The zero-order chi connectivity index (χ0) is 16.5. The lowest BCUT2D eigenvalue weighted by molar-refractivity contribution is -0.274. The summed E-state index contributed by atoms with van der Waals surface area (Å²) >= 11 is 0. The number of benzene rings is 1. The first-order chi connectivity index (χ1) is 10.2. The van der Waals surface area contributed by atoms with Gasteiger partial charge in [0.1, 0.15) is 24.1 Å². The maximum Gasteiger partial charge on any atom is 0.573 e. The summed E-state index contributed by atoms with van der Waals surface area (Å²) in [6.07, 6.45) is -10.5. The van der Waals surface area contributed by atoms with Gasteiger partial charge in [0.25, 0.3) is 0 Å². The van der Waals surface area contributed by atoms with Gasteiger partial charge in [-0.3, -0.25) is 0 Å². The second-order valence-electron chi connectivity index (χ2n) is 4.95. The van der Waals surface area contributed by atoms with Crippen LogP contribution in [0.1, 0.15) is 6.92 Å². The van der Waals surface area contributed by atoms with Crippen molar-refractivity contribution >= 4 is 5.69 Å². The van der Waals surface area contributed by atoms with Gasteiger partial charge in [0.15, 0.2) is 6.23 Å². The average molecular weight is 323 g/mol. The minimum absolute atomic E-state index is 0.356. The molecule has 0 bridgehead atoms. The number of ether oxygens (including phenoxy) is 2. The van der Waals surface area contributed by atoms with Crippen molar-refractivity contribution < 1.29 is 38.0 Å². The highest BCUT2D eigenvalue weighted by Crippen LogP contribution is 2.26. The van der Waals surface area contributed by atoms with Crippen LogP contribution in [0.5, 0.6) is 5.75 Å². The highest BCUT2D eigenvalue weighted by molar-refractivity contribution is 5.47. The topological polar surface area (TPSA) is 91.2 Å². The van der Waals surface area contributed by atoms with Crippen molar-refractivity contribution in [2.45, 2.75) is 43.9 Å². The number of hydrogen-bond acceptors (Lipinski definition) is 6. The van der Waals surface area contributed by atoms with Crippen molar-refractivity contribution in [1.82, 2.24) is 0 Å². The van der Waals surface area contributed by atoms with E-state index in [9.17, 15) is 28.5 Å². The van der Waals surface area contributed by atoms with Crippen molar-refractivity contribution in [1.29, 1.82) is 0 Å². The third kappa shape index (κ3) is 4.01. The van der Waals surface area contributed by atoms with Crippen LogP contribution in [0.4, 0.5) is 18.9 Å². The van der Waals surface area contributed by atoms with Crippen LogP contribution in [0.25, 0.3) is 0 Å². The number of hydrogen-bond donors (Lipinski definition) is 4. The standard InChI is InChI=1S/C13H16F3NO5/c1-6-9(18)10(19)11(20)12(21-6)17-7-2-4-8(5-3-7)22-13(14,15)16/h2-6,9-12,17-20H,1H3/t6-,9-,10+,11+,12+/m0/s1. The molecule has 0 amide bonds. The normalized spacial score (nSPS) is 32.6. The van der Waals surface area contributed by atoms with E-state index in [4.69, 9.17) is 4.74 Å². The first kappa shape index (κ1) is 16.8. The van der Waals surface area contributed by atoms with Gasteiger partial charge in [-0.05, 0) is 31.2 Å². The number of aliphatic hydroxyl groups excluding tert-OH is 3. The fourth-order valence-electron chi connectivity index (χ4n) is 2.09. The summed E-state index contributed by atoms with van der Waals surface area (Å²) in [5.74, 6) is -0.382. The summed E-state index contributed by atoms with van der Waals surface area (Å²) in [7, 11) is 0. The molecule has 0 aliphatic carbocycles. The van der Waals surface area contributed by atoms with Gasteiger partial charge in [0.2, 0.25) is 0 Å². The first-order valence-corrected chi connectivity index (χ1v) is 6.49. The lowest BCUT2D eigenvalue weighted by atomic mass is 9.99. The zero-order valence-electron chi connectivity index (χ0n) is 11.5. The van der Waals surface area contributed by atoms with Crippen molar-refractivity contribution in [3.63, 3.8) is 0 Å². The molecule has 0 saturated carbocycles. The first-order valence-electron chi connectivity index (χ1n) is 6.49. The van der Waals surface area contributed by atoms with Crippen LogP contribution in [0.3, 0.4) is 0 Å². The Morgan fingerprint density at radius 2 is 1.64 bits per heavy atom. The Hall–Kier alpha value is -1.55. The van der Waals surface area contributed by atoms with Crippen molar-refractivity contribution in [2.75, 3.05) is 5.32 Å². The van der Waals surface area contributed by atoms with Gasteiger partial charge in [-0.2, -0.15) is 0 Å². The molecule has 0 unspecified atom stereocenters. The summed E-state index contributed by atoms with van der Waals surface area (Å²) in [5.41, 5.74) is 0.356. The van der Waals surface area contributed by atoms with E-state index in [1.54, 1.807) is 0 Å². The third-order valence-corrected chi connectivity index (χ3v) is 3.25. The molecular formula is C13H16F3NO5. The maximum absolute atomic E-state index is 12.0. The van der Waals surface area contributed by atoms with Crippen LogP contribution in [0.15, 0.2) is 24.3 Å². The van der Waals surface area contributed by atoms with Gasteiger partial charge >= 0.3 is 6.36 Å². The molecule has 1 aliphatic rings.